The molecule has 7 nitrogen and oxygen atoms in total. The van der Waals surface area contributed by atoms with Crippen molar-refractivity contribution in [3.8, 4) is 6.07 Å². The van der Waals surface area contributed by atoms with Gasteiger partial charge < -0.3 is 10.4 Å². The zero-order chi connectivity index (χ0) is 25.0. The van der Waals surface area contributed by atoms with Crippen molar-refractivity contribution < 1.29 is 27.9 Å². The summed E-state index contributed by atoms with van der Waals surface area (Å²) in [6.07, 6.45) is -4.65. The van der Waals surface area contributed by atoms with Crippen LogP contribution < -0.4 is 10.2 Å². The molecular weight excluding hydrogens is 449 g/mol. The lowest BCUT2D eigenvalue weighted by Crippen LogP contribution is -2.50. The molecular formula is C24H19F3N4O3. The maximum absolute atomic E-state index is 13.6. The van der Waals surface area contributed by atoms with Crippen molar-refractivity contribution in [3.63, 3.8) is 0 Å². The number of aliphatic hydroxyl groups excluding tert-OH is 1. The first-order chi connectivity index (χ1) is 16.1. The van der Waals surface area contributed by atoms with E-state index in [2.05, 4.69) is 10.2 Å². The average molecular weight is 468 g/mol. The molecule has 10 heteroatoms. The van der Waals surface area contributed by atoms with Crippen molar-refractivity contribution >= 4 is 17.5 Å². The highest BCUT2D eigenvalue weighted by atomic mass is 19.4. The summed E-state index contributed by atoms with van der Waals surface area (Å²) in [5.74, 6) is -4.10. The normalized spacial score (nSPS) is 18.3. The van der Waals surface area contributed by atoms with Crippen LogP contribution in [-0.2, 0) is 15.8 Å². The molecule has 1 aliphatic heterocycles. The lowest BCUT2D eigenvalue weighted by molar-refractivity contribution is -0.138. The number of hydrogen-bond donors (Lipinski definition) is 2. The molecule has 0 aromatic heterocycles. The molecule has 2 N–H and O–H groups in total. The summed E-state index contributed by atoms with van der Waals surface area (Å²) in [6.45, 7) is 8.63. The second kappa shape index (κ2) is 9.77. The van der Waals surface area contributed by atoms with Crippen LogP contribution in [0.15, 0.2) is 59.9 Å². The van der Waals surface area contributed by atoms with Crippen LogP contribution in [0.25, 0.3) is 4.85 Å². The molecule has 0 bridgehead atoms. The average Bonchev–Trinajstić information content (AvgIpc) is 2.82. The van der Waals surface area contributed by atoms with E-state index in [1.165, 1.54) is 37.3 Å². The van der Waals surface area contributed by atoms with Gasteiger partial charge in [-0.2, -0.15) is 18.4 Å². The van der Waals surface area contributed by atoms with Gasteiger partial charge in [-0.15, -0.1) is 0 Å². The fraction of sp³-hybridized carbons (Fsp3) is 0.250. The van der Waals surface area contributed by atoms with Gasteiger partial charge in [-0.05, 0) is 42.8 Å². The lowest BCUT2D eigenvalue weighted by Gasteiger charge is -2.38. The maximum atomic E-state index is 13.6. The predicted octanol–water partition coefficient (Wildman–Crippen LogP) is 3.58. The number of amides is 2. The van der Waals surface area contributed by atoms with E-state index in [0.717, 1.165) is 23.1 Å². The summed E-state index contributed by atoms with van der Waals surface area (Å²) in [5, 5.41) is 20.6. The van der Waals surface area contributed by atoms with Gasteiger partial charge in [0.05, 0.1) is 30.4 Å². The molecule has 2 atom stereocenters. The van der Waals surface area contributed by atoms with E-state index >= 15 is 0 Å². The van der Waals surface area contributed by atoms with Crippen LogP contribution >= 0.6 is 0 Å². The Hall–Kier alpha value is -4.15. The highest BCUT2D eigenvalue weighted by molar-refractivity contribution is 6.11. The van der Waals surface area contributed by atoms with Gasteiger partial charge in [0.15, 0.2) is 5.70 Å². The van der Waals surface area contributed by atoms with Crippen LogP contribution in [0.2, 0.25) is 0 Å². The van der Waals surface area contributed by atoms with E-state index in [0.29, 0.717) is 11.1 Å². The first-order valence-corrected chi connectivity index (χ1v) is 10.1. The summed E-state index contributed by atoms with van der Waals surface area (Å²) in [4.78, 5) is 31.1. The summed E-state index contributed by atoms with van der Waals surface area (Å²) in [6, 6.07) is 12.1. The van der Waals surface area contributed by atoms with E-state index < -0.39 is 42.0 Å². The Bertz CT molecular complexity index is 1220. The van der Waals surface area contributed by atoms with Crippen molar-refractivity contribution in [2.45, 2.75) is 19.0 Å². The molecule has 2 aromatic rings. The lowest BCUT2D eigenvalue weighted by atomic mass is 9.78. The minimum Gasteiger partial charge on any atom is -0.395 e. The molecule has 0 radical (unpaired) electrons. The number of benzene rings is 2. The predicted molar refractivity (Wildman–Crippen MR) is 116 cm³/mol. The molecule has 0 fully saturated rings. The molecule has 2 unspecified atom stereocenters. The third-order valence-corrected chi connectivity index (χ3v) is 5.46. The Kier molecular flexibility index (Phi) is 7.04. The number of hydrogen-bond acceptors (Lipinski definition) is 4. The summed E-state index contributed by atoms with van der Waals surface area (Å²) in [5.41, 5.74) is -0.249. The number of allylic oxidation sites excluding steroid dienone is 2. The summed E-state index contributed by atoms with van der Waals surface area (Å²) in [7, 11) is 0. The molecule has 0 aliphatic carbocycles. The van der Waals surface area contributed by atoms with Crippen molar-refractivity contribution in [3.05, 3.63) is 88.0 Å². The SMILES string of the molecule is [C-]#[N+]C1=C(C)N(c2cccc(C(F)(F)F)c2)C(=O)C(C(=O)NCCO)C1c1ccc(C#N)cc1. The summed E-state index contributed by atoms with van der Waals surface area (Å²) >= 11 is 0. The number of nitrogens with zero attached hydrogens (tertiary/aromatic N) is 3. The molecule has 34 heavy (non-hydrogen) atoms. The number of nitrogens with one attached hydrogen (secondary N) is 1. The van der Waals surface area contributed by atoms with Gasteiger partial charge in [-0.3, -0.25) is 14.5 Å². The monoisotopic (exact) mass is 468 g/mol. The topological polar surface area (TPSA) is 97.8 Å². The summed E-state index contributed by atoms with van der Waals surface area (Å²) < 4.78 is 39.9. The second-order valence-electron chi connectivity index (χ2n) is 7.51. The molecule has 2 aromatic carbocycles. The second-order valence-corrected chi connectivity index (χ2v) is 7.51. The van der Waals surface area contributed by atoms with Crippen molar-refractivity contribution in [2.24, 2.45) is 5.92 Å². The number of rotatable bonds is 5. The van der Waals surface area contributed by atoms with E-state index in [-0.39, 0.29) is 23.6 Å². The van der Waals surface area contributed by atoms with Crippen LogP contribution in [-0.4, -0.2) is 30.1 Å². The Morgan fingerprint density at radius 3 is 2.50 bits per heavy atom. The maximum Gasteiger partial charge on any atom is 0.416 e. The first kappa shape index (κ1) is 24.5. The Morgan fingerprint density at radius 1 is 1.26 bits per heavy atom. The zero-order valence-corrected chi connectivity index (χ0v) is 17.9. The highest BCUT2D eigenvalue weighted by Crippen LogP contribution is 2.43. The Labute approximate surface area is 193 Å². The quantitative estimate of drug-likeness (QED) is 0.518. The fourth-order valence-corrected chi connectivity index (χ4v) is 3.90. The van der Waals surface area contributed by atoms with Gasteiger partial charge in [-0.25, -0.2) is 4.85 Å². The van der Waals surface area contributed by atoms with Crippen LogP contribution in [0.4, 0.5) is 18.9 Å². The zero-order valence-electron chi connectivity index (χ0n) is 17.9. The largest absolute Gasteiger partial charge is 0.416 e. The molecule has 1 heterocycles. The van der Waals surface area contributed by atoms with Gasteiger partial charge in [0.2, 0.25) is 11.8 Å². The van der Waals surface area contributed by atoms with Crippen molar-refractivity contribution in [2.75, 3.05) is 18.1 Å². The number of carbonyl (C=O) groups is 2. The van der Waals surface area contributed by atoms with Gasteiger partial charge in [0.25, 0.3) is 0 Å². The number of halogens is 3. The van der Waals surface area contributed by atoms with Crippen LogP contribution in [0.3, 0.4) is 0 Å². The number of anilines is 1. The van der Waals surface area contributed by atoms with Gasteiger partial charge >= 0.3 is 6.18 Å². The Morgan fingerprint density at radius 2 is 1.94 bits per heavy atom. The third-order valence-electron chi connectivity index (χ3n) is 5.46. The van der Waals surface area contributed by atoms with E-state index in [1.807, 2.05) is 6.07 Å². The third kappa shape index (κ3) is 4.63. The minimum absolute atomic E-state index is 0.00543. The number of aliphatic hydroxyl groups is 1. The van der Waals surface area contributed by atoms with E-state index in [1.54, 1.807) is 0 Å². The molecule has 174 valence electrons. The Balaban J connectivity index is 2.21. The first-order valence-electron chi connectivity index (χ1n) is 10.1. The highest BCUT2D eigenvalue weighted by Gasteiger charge is 2.47. The number of alkyl halides is 3. The van der Waals surface area contributed by atoms with Crippen molar-refractivity contribution in [1.82, 2.24) is 5.32 Å². The van der Waals surface area contributed by atoms with Crippen molar-refractivity contribution in [1.29, 1.82) is 5.26 Å². The number of nitriles is 1. The molecule has 0 spiro atoms. The number of carbonyl (C=O) groups excluding carboxylic acids is 2. The van der Waals surface area contributed by atoms with Crippen LogP contribution in [0.1, 0.15) is 29.5 Å². The standard InChI is InChI=1S/C24H19F3N4O3/c1-14-21(29-2)19(16-8-6-15(13-28)7-9-16)20(22(33)30-10-11-32)23(34)31(14)18-5-3-4-17(12-18)24(25,26)27/h3-9,12,19-20,32H,10-11H2,1H3,(H,30,33). The van der Waals surface area contributed by atoms with Gasteiger partial charge in [0.1, 0.15) is 5.92 Å². The van der Waals surface area contributed by atoms with Crippen LogP contribution in [0, 0.1) is 23.8 Å². The van der Waals surface area contributed by atoms with Gasteiger partial charge in [-0.1, -0.05) is 18.2 Å². The van der Waals surface area contributed by atoms with E-state index in [4.69, 9.17) is 16.9 Å². The smallest absolute Gasteiger partial charge is 0.395 e. The van der Waals surface area contributed by atoms with Crippen LogP contribution in [0.5, 0.6) is 0 Å². The molecule has 2 amide bonds. The molecule has 0 saturated carbocycles. The molecule has 0 saturated heterocycles. The van der Waals surface area contributed by atoms with Gasteiger partial charge in [0, 0.05) is 23.8 Å². The van der Waals surface area contributed by atoms with E-state index in [9.17, 15) is 22.8 Å². The molecule has 1 aliphatic rings. The minimum atomic E-state index is -4.65. The fourth-order valence-electron chi connectivity index (χ4n) is 3.90. The molecule has 3 rings (SSSR count).